The summed E-state index contributed by atoms with van der Waals surface area (Å²) >= 11 is 0. The monoisotopic (exact) mass is 469 g/mol. The van der Waals surface area contributed by atoms with Crippen molar-refractivity contribution in [2.75, 3.05) is 32.7 Å². The molecule has 1 atom stereocenters. The van der Waals surface area contributed by atoms with E-state index in [1.54, 1.807) is 12.1 Å². The van der Waals surface area contributed by atoms with Crippen molar-refractivity contribution in [3.8, 4) is 11.5 Å². The van der Waals surface area contributed by atoms with Crippen LogP contribution in [0.15, 0.2) is 36.4 Å². The number of carbonyl (C=O) groups excluding carboxylic acids is 4. The number of hydrazine groups is 1. The number of carbonyl (C=O) groups is 4. The molecular weight excluding hydrogens is 442 g/mol. The number of hydrogen-bond acceptors (Lipinski definition) is 7. The van der Waals surface area contributed by atoms with Crippen molar-refractivity contribution < 1.29 is 33.4 Å². The molecule has 0 spiro atoms. The first kappa shape index (κ1) is 24.6. The van der Waals surface area contributed by atoms with Crippen LogP contribution >= 0.6 is 0 Å². The second-order valence-corrected chi connectivity index (χ2v) is 7.85. The number of benzene rings is 2. The summed E-state index contributed by atoms with van der Waals surface area (Å²) in [6.45, 7) is 3.26. The molecule has 0 unspecified atom stereocenters. The summed E-state index contributed by atoms with van der Waals surface area (Å²) < 4.78 is 15.4. The van der Waals surface area contributed by atoms with E-state index in [2.05, 4.69) is 10.7 Å². The Bertz CT molecular complexity index is 1090. The predicted octanol–water partition coefficient (Wildman–Crippen LogP) is 2.00. The zero-order chi connectivity index (χ0) is 24.8. The van der Waals surface area contributed by atoms with Gasteiger partial charge in [0.25, 0.3) is 11.8 Å². The van der Waals surface area contributed by atoms with Crippen LogP contribution in [0.3, 0.4) is 0 Å². The molecule has 3 rings (SSSR count). The molecule has 2 aromatic rings. The first-order chi connectivity index (χ1) is 16.2. The van der Waals surface area contributed by atoms with E-state index in [1.165, 1.54) is 26.4 Å². The van der Waals surface area contributed by atoms with Crippen molar-refractivity contribution in [1.82, 2.24) is 10.4 Å². The van der Waals surface area contributed by atoms with Gasteiger partial charge in [0.2, 0.25) is 5.91 Å². The predicted molar refractivity (Wildman–Crippen MR) is 122 cm³/mol. The highest BCUT2D eigenvalue weighted by molar-refractivity contribution is 5.97. The minimum absolute atomic E-state index is 0.0664. The molecule has 1 aliphatic heterocycles. The van der Waals surface area contributed by atoms with Crippen LogP contribution in [0.4, 0.5) is 5.69 Å². The van der Waals surface area contributed by atoms with Gasteiger partial charge < -0.3 is 19.5 Å². The zero-order valence-electron chi connectivity index (χ0n) is 19.5. The maximum atomic E-state index is 12.6. The van der Waals surface area contributed by atoms with Crippen LogP contribution in [0.5, 0.6) is 11.5 Å². The smallest absolute Gasteiger partial charge is 0.311 e. The third-order valence-electron chi connectivity index (χ3n) is 5.53. The topological polar surface area (TPSA) is 123 Å². The van der Waals surface area contributed by atoms with Gasteiger partial charge in [-0.1, -0.05) is 12.1 Å². The van der Waals surface area contributed by atoms with E-state index in [9.17, 15) is 19.2 Å². The molecule has 10 nitrogen and oxygen atoms in total. The summed E-state index contributed by atoms with van der Waals surface area (Å²) in [5, 5.41) is 3.77. The van der Waals surface area contributed by atoms with Crippen molar-refractivity contribution >= 4 is 29.4 Å². The van der Waals surface area contributed by atoms with Gasteiger partial charge in [-0.25, -0.2) is 0 Å². The van der Waals surface area contributed by atoms with Gasteiger partial charge in [-0.05, 0) is 43.2 Å². The van der Waals surface area contributed by atoms with E-state index in [-0.39, 0.29) is 18.5 Å². The lowest BCUT2D eigenvalue weighted by Crippen LogP contribution is -2.43. The van der Waals surface area contributed by atoms with E-state index in [1.807, 2.05) is 26.0 Å². The van der Waals surface area contributed by atoms with Gasteiger partial charge in [-0.3, -0.25) is 29.6 Å². The van der Waals surface area contributed by atoms with Crippen LogP contribution in [-0.4, -0.2) is 56.1 Å². The minimum atomic E-state index is -0.804. The Balaban J connectivity index is 1.53. The van der Waals surface area contributed by atoms with Crippen molar-refractivity contribution in [2.45, 2.75) is 20.3 Å². The SMILES string of the molecule is COc1cc(OC)cc(C(=O)NN2C[C@H](C(=O)OCC(=O)Nc3cccc(C)c3C)CC2=O)c1. The maximum Gasteiger partial charge on any atom is 0.311 e. The Morgan fingerprint density at radius 3 is 2.38 bits per heavy atom. The molecule has 1 saturated heterocycles. The van der Waals surface area contributed by atoms with Crippen LogP contribution < -0.4 is 20.2 Å². The van der Waals surface area contributed by atoms with Gasteiger partial charge in [0.1, 0.15) is 11.5 Å². The summed E-state index contributed by atoms with van der Waals surface area (Å²) in [6, 6.07) is 10.1. The average molecular weight is 469 g/mol. The summed E-state index contributed by atoms with van der Waals surface area (Å²) in [5.74, 6) is -2.15. The molecule has 3 amide bonds. The molecule has 0 radical (unpaired) electrons. The van der Waals surface area contributed by atoms with Crippen molar-refractivity contribution in [3.63, 3.8) is 0 Å². The fourth-order valence-corrected chi connectivity index (χ4v) is 3.43. The third kappa shape index (κ3) is 5.83. The lowest BCUT2D eigenvalue weighted by molar-refractivity contribution is -0.151. The van der Waals surface area contributed by atoms with Crippen molar-refractivity contribution in [2.24, 2.45) is 5.92 Å². The van der Waals surface area contributed by atoms with Gasteiger partial charge in [0.05, 0.1) is 26.7 Å². The van der Waals surface area contributed by atoms with E-state index in [0.29, 0.717) is 17.2 Å². The Hall–Kier alpha value is -4.08. The molecular formula is C24H27N3O7. The van der Waals surface area contributed by atoms with Crippen LogP contribution in [0.2, 0.25) is 0 Å². The standard InChI is InChI=1S/C24H27N3O7/c1-14-6-5-7-20(15(14)2)25-21(28)13-34-24(31)17-10-22(29)27(12-17)26-23(30)16-8-18(32-3)11-19(9-16)33-4/h5-9,11,17H,10,12-13H2,1-4H3,(H,25,28)(H,26,30)/t17-/m1/s1. The number of ether oxygens (including phenoxy) is 3. The number of hydrogen-bond donors (Lipinski definition) is 2. The third-order valence-corrected chi connectivity index (χ3v) is 5.53. The second kappa shape index (κ2) is 10.7. The van der Waals surface area contributed by atoms with Gasteiger partial charge >= 0.3 is 5.97 Å². The molecule has 2 aromatic carbocycles. The quantitative estimate of drug-likeness (QED) is 0.567. The number of nitrogens with zero attached hydrogens (tertiary/aromatic N) is 1. The fourth-order valence-electron chi connectivity index (χ4n) is 3.43. The molecule has 1 heterocycles. The molecule has 0 bridgehead atoms. The van der Waals surface area contributed by atoms with Crippen LogP contribution in [0.1, 0.15) is 27.9 Å². The highest BCUT2D eigenvalue weighted by atomic mass is 16.5. The van der Waals surface area contributed by atoms with Crippen molar-refractivity contribution in [3.05, 3.63) is 53.1 Å². The molecule has 180 valence electrons. The summed E-state index contributed by atoms with van der Waals surface area (Å²) in [5.41, 5.74) is 5.29. The van der Waals surface area contributed by atoms with Gasteiger partial charge in [-0.15, -0.1) is 0 Å². The fraction of sp³-hybridized carbons (Fsp3) is 0.333. The largest absolute Gasteiger partial charge is 0.497 e. The molecule has 34 heavy (non-hydrogen) atoms. The first-order valence-electron chi connectivity index (χ1n) is 10.6. The number of esters is 1. The van der Waals surface area contributed by atoms with E-state index in [4.69, 9.17) is 14.2 Å². The zero-order valence-corrected chi connectivity index (χ0v) is 19.5. The summed E-state index contributed by atoms with van der Waals surface area (Å²) in [4.78, 5) is 49.5. The van der Waals surface area contributed by atoms with Crippen molar-refractivity contribution in [1.29, 1.82) is 0 Å². The van der Waals surface area contributed by atoms with E-state index < -0.39 is 36.2 Å². The number of rotatable bonds is 8. The van der Waals surface area contributed by atoms with Gasteiger partial charge in [0, 0.05) is 23.7 Å². The van der Waals surface area contributed by atoms with E-state index >= 15 is 0 Å². The Morgan fingerprint density at radius 2 is 1.74 bits per heavy atom. The Morgan fingerprint density at radius 1 is 1.06 bits per heavy atom. The normalized spacial score (nSPS) is 15.0. The number of methoxy groups -OCH3 is 2. The maximum absolute atomic E-state index is 12.6. The summed E-state index contributed by atoms with van der Waals surface area (Å²) in [6.07, 6.45) is -0.140. The molecule has 0 aliphatic carbocycles. The van der Waals surface area contributed by atoms with Crippen LogP contribution in [0.25, 0.3) is 0 Å². The Kier molecular flexibility index (Phi) is 7.72. The minimum Gasteiger partial charge on any atom is -0.497 e. The molecule has 2 N–H and O–H groups in total. The molecule has 1 aliphatic rings. The number of nitrogens with one attached hydrogen (secondary N) is 2. The van der Waals surface area contributed by atoms with Gasteiger partial charge in [0.15, 0.2) is 6.61 Å². The highest BCUT2D eigenvalue weighted by Gasteiger charge is 2.36. The molecule has 0 saturated carbocycles. The molecule has 0 aromatic heterocycles. The number of aryl methyl sites for hydroxylation is 1. The number of anilines is 1. The highest BCUT2D eigenvalue weighted by Crippen LogP contribution is 2.23. The van der Waals surface area contributed by atoms with Crippen LogP contribution in [0, 0.1) is 19.8 Å². The summed E-state index contributed by atoms with van der Waals surface area (Å²) in [7, 11) is 2.91. The lowest BCUT2D eigenvalue weighted by atomic mass is 10.1. The lowest BCUT2D eigenvalue weighted by Gasteiger charge is -2.18. The first-order valence-corrected chi connectivity index (χ1v) is 10.6. The van der Waals surface area contributed by atoms with Crippen LogP contribution in [-0.2, 0) is 19.1 Å². The van der Waals surface area contributed by atoms with Gasteiger partial charge in [-0.2, -0.15) is 0 Å². The second-order valence-electron chi connectivity index (χ2n) is 7.85. The van der Waals surface area contributed by atoms with E-state index in [0.717, 1.165) is 16.1 Å². The Labute approximate surface area is 197 Å². The average Bonchev–Trinajstić information content (AvgIpc) is 3.20. The molecule has 10 heteroatoms. The number of amides is 3. The molecule has 1 fully saturated rings.